The van der Waals surface area contributed by atoms with Crippen molar-refractivity contribution in [3.63, 3.8) is 0 Å². The molecule has 100 valence electrons. The number of aromatic nitrogens is 2. The molecule has 0 saturated heterocycles. The molecule has 5 heteroatoms. The Balaban J connectivity index is 1.97. The van der Waals surface area contributed by atoms with Crippen molar-refractivity contribution in [2.45, 2.75) is 13.3 Å². The average Bonchev–Trinajstić information content (AvgIpc) is 2.93. The maximum absolute atomic E-state index is 11.7. The van der Waals surface area contributed by atoms with E-state index in [9.17, 15) is 4.79 Å². The second kappa shape index (κ2) is 6.70. The molecule has 5 nitrogen and oxygen atoms in total. The SMILES string of the molecule is CCCNCC(=O)Nc1cccc(-c2ccn[nH]2)c1. The molecule has 1 amide bonds. The van der Waals surface area contributed by atoms with Gasteiger partial charge < -0.3 is 10.6 Å². The molecule has 0 aliphatic carbocycles. The van der Waals surface area contributed by atoms with E-state index in [2.05, 4.69) is 27.8 Å². The number of H-pyrrole nitrogens is 1. The standard InChI is InChI=1S/C14H18N4O/c1-2-7-15-10-14(19)17-12-5-3-4-11(9-12)13-6-8-16-18-13/h3-6,8-9,15H,2,7,10H2,1H3,(H,16,18)(H,17,19). The van der Waals surface area contributed by atoms with Crippen LogP contribution in [0, 0.1) is 0 Å². The monoisotopic (exact) mass is 258 g/mol. The van der Waals surface area contributed by atoms with E-state index in [4.69, 9.17) is 0 Å². The Kier molecular flexibility index (Phi) is 4.69. The molecule has 1 aromatic carbocycles. The molecule has 0 atom stereocenters. The van der Waals surface area contributed by atoms with Crippen LogP contribution in [0.5, 0.6) is 0 Å². The van der Waals surface area contributed by atoms with E-state index in [1.54, 1.807) is 6.20 Å². The zero-order chi connectivity index (χ0) is 13.5. The van der Waals surface area contributed by atoms with Gasteiger partial charge in [-0.15, -0.1) is 0 Å². The molecule has 19 heavy (non-hydrogen) atoms. The predicted molar refractivity (Wildman–Crippen MR) is 75.8 cm³/mol. The highest BCUT2D eigenvalue weighted by Crippen LogP contribution is 2.20. The summed E-state index contributed by atoms with van der Waals surface area (Å²) < 4.78 is 0. The smallest absolute Gasteiger partial charge is 0.238 e. The number of benzene rings is 1. The Labute approximate surface area is 112 Å². The summed E-state index contributed by atoms with van der Waals surface area (Å²) in [7, 11) is 0. The minimum atomic E-state index is -0.0322. The van der Waals surface area contributed by atoms with Gasteiger partial charge in [-0.3, -0.25) is 9.89 Å². The quantitative estimate of drug-likeness (QED) is 0.694. The van der Waals surface area contributed by atoms with Gasteiger partial charge in [0.05, 0.1) is 12.2 Å². The minimum Gasteiger partial charge on any atom is -0.325 e. The van der Waals surface area contributed by atoms with Crippen LogP contribution < -0.4 is 10.6 Å². The molecule has 0 radical (unpaired) electrons. The van der Waals surface area contributed by atoms with Crippen LogP contribution in [-0.2, 0) is 4.79 Å². The first-order valence-corrected chi connectivity index (χ1v) is 6.40. The molecule has 0 spiro atoms. The number of aromatic amines is 1. The maximum Gasteiger partial charge on any atom is 0.238 e. The summed E-state index contributed by atoms with van der Waals surface area (Å²) in [4.78, 5) is 11.7. The molecular formula is C14H18N4O. The van der Waals surface area contributed by atoms with E-state index < -0.39 is 0 Å². The van der Waals surface area contributed by atoms with Crippen LogP contribution in [-0.4, -0.2) is 29.2 Å². The molecule has 3 N–H and O–H groups in total. The summed E-state index contributed by atoms with van der Waals surface area (Å²) in [6.45, 7) is 3.25. The Morgan fingerprint density at radius 1 is 1.37 bits per heavy atom. The third-order valence-electron chi connectivity index (χ3n) is 2.67. The Bertz CT molecular complexity index is 522. The van der Waals surface area contributed by atoms with E-state index in [-0.39, 0.29) is 5.91 Å². The summed E-state index contributed by atoms with van der Waals surface area (Å²) in [6, 6.07) is 9.57. The number of anilines is 1. The fourth-order valence-corrected chi connectivity index (χ4v) is 1.77. The second-order valence-corrected chi connectivity index (χ2v) is 4.28. The van der Waals surface area contributed by atoms with Gasteiger partial charge in [0.15, 0.2) is 0 Å². The first kappa shape index (κ1) is 13.3. The van der Waals surface area contributed by atoms with Gasteiger partial charge >= 0.3 is 0 Å². The van der Waals surface area contributed by atoms with Crippen molar-refractivity contribution in [2.75, 3.05) is 18.4 Å². The molecule has 0 saturated carbocycles. The number of rotatable bonds is 6. The van der Waals surface area contributed by atoms with Crippen LogP contribution >= 0.6 is 0 Å². The number of nitrogens with one attached hydrogen (secondary N) is 3. The second-order valence-electron chi connectivity index (χ2n) is 4.28. The van der Waals surface area contributed by atoms with Gasteiger partial charge in [0, 0.05) is 17.4 Å². The topological polar surface area (TPSA) is 69.8 Å². The number of hydrogen-bond donors (Lipinski definition) is 3. The highest BCUT2D eigenvalue weighted by atomic mass is 16.1. The minimum absolute atomic E-state index is 0.0322. The van der Waals surface area contributed by atoms with Crippen LogP contribution in [0.2, 0.25) is 0 Å². The maximum atomic E-state index is 11.7. The molecule has 1 aromatic heterocycles. The van der Waals surface area contributed by atoms with Gasteiger partial charge in [0.2, 0.25) is 5.91 Å². The average molecular weight is 258 g/mol. The van der Waals surface area contributed by atoms with Crippen molar-refractivity contribution in [1.29, 1.82) is 0 Å². The summed E-state index contributed by atoms with van der Waals surface area (Å²) >= 11 is 0. The van der Waals surface area contributed by atoms with Crippen molar-refractivity contribution in [3.8, 4) is 11.3 Å². The predicted octanol–water partition coefficient (Wildman–Crippen LogP) is 2.01. The van der Waals surface area contributed by atoms with Crippen LogP contribution in [0.15, 0.2) is 36.5 Å². The van der Waals surface area contributed by atoms with Crippen LogP contribution in [0.1, 0.15) is 13.3 Å². The van der Waals surface area contributed by atoms with Gasteiger partial charge in [-0.1, -0.05) is 19.1 Å². The fourth-order valence-electron chi connectivity index (χ4n) is 1.77. The zero-order valence-electron chi connectivity index (χ0n) is 10.9. The van der Waals surface area contributed by atoms with E-state index in [1.807, 2.05) is 30.3 Å². The number of carbonyl (C=O) groups excluding carboxylic acids is 1. The van der Waals surface area contributed by atoms with Gasteiger partial charge in [-0.05, 0) is 31.2 Å². The fraction of sp³-hybridized carbons (Fsp3) is 0.286. The van der Waals surface area contributed by atoms with Crippen LogP contribution in [0.4, 0.5) is 5.69 Å². The Morgan fingerprint density at radius 3 is 3.00 bits per heavy atom. The van der Waals surface area contributed by atoms with Crippen molar-refractivity contribution in [1.82, 2.24) is 15.5 Å². The molecule has 0 aliphatic heterocycles. The van der Waals surface area contributed by atoms with Crippen molar-refractivity contribution in [2.24, 2.45) is 0 Å². The highest BCUT2D eigenvalue weighted by molar-refractivity contribution is 5.92. The van der Waals surface area contributed by atoms with Crippen LogP contribution in [0.3, 0.4) is 0 Å². The number of carbonyl (C=O) groups is 1. The lowest BCUT2D eigenvalue weighted by Crippen LogP contribution is -2.28. The summed E-state index contributed by atoms with van der Waals surface area (Å²) in [5, 5.41) is 12.8. The van der Waals surface area contributed by atoms with E-state index in [1.165, 1.54) is 0 Å². The van der Waals surface area contributed by atoms with Gasteiger partial charge in [-0.2, -0.15) is 5.10 Å². The van der Waals surface area contributed by atoms with E-state index in [0.717, 1.165) is 29.9 Å². The lowest BCUT2D eigenvalue weighted by Gasteiger charge is -2.07. The summed E-state index contributed by atoms with van der Waals surface area (Å²) in [6.07, 6.45) is 2.72. The van der Waals surface area contributed by atoms with E-state index >= 15 is 0 Å². The number of amides is 1. The van der Waals surface area contributed by atoms with Crippen molar-refractivity contribution in [3.05, 3.63) is 36.5 Å². The first-order valence-electron chi connectivity index (χ1n) is 6.40. The zero-order valence-corrected chi connectivity index (χ0v) is 10.9. The first-order chi connectivity index (χ1) is 9.29. The Hall–Kier alpha value is -2.14. The Morgan fingerprint density at radius 2 is 2.26 bits per heavy atom. The third-order valence-corrected chi connectivity index (χ3v) is 2.67. The normalized spacial score (nSPS) is 10.4. The molecule has 0 aliphatic rings. The number of hydrogen-bond acceptors (Lipinski definition) is 3. The third kappa shape index (κ3) is 3.93. The molecule has 1 heterocycles. The molecule has 0 fully saturated rings. The van der Waals surface area contributed by atoms with Gasteiger partial charge in [0.25, 0.3) is 0 Å². The largest absolute Gasteiger partial charge is 0.325 e. The highest BCUT2D eigenvalue weighted by Gasteiger charge is 2.04. The molecular weight excluding hydrogens is 240 g/mol. The molecule has 0 bridgehead atoms. The molecule has 2 aromatic rings. The molecule has 0 unspecified atom stereocenters. The molecule has 2 rings (SSSR count). The van der Waals surface area contributed by atoms with Gasteiger partial charge in [-0.25, -0.2) is 0 Å². The summed E-state index contributed by atoms with van der Waals surface area (Å²) in [5.41, 5.74) is 2.72. The lowest BCUT2D eigenvalue weighted by atomic mass is 10.1. The lowest BCUT2D eigenvalue weighted by molar-refractivity contribution is -0.115. The van der Waals surface area contributed by atoms with Crippen LogP contribution in [0.25, 0.3) is 11.3 Å². The van der Waals surface area contributed by atoms with Gasteiger partial charge in [0.1, 0.15) is 0 Å². The van der Waals surface area contributed by atoms with Crippen molar-refractivity contribution < 1.29 is 4.79 Å². The van der Waals surface area contributed by atoms with Crippen molar-refractivity contribution >= 4 is 11.6 Å². The summed E-state index contributed by atoms with van der Waals surface area (Å²) in [5.74, 6) is -0.0322. The number of nitrogens with zero attached hydrogens (tertiary/aromatic N) is 1. The van der Waals surface area contributed by atoms with E-state index in [0.29, 0.717) is 6.54 Å².